The highest BCUT2D eigenvalue weighted by Crippen LogP contribution is 2.45. The molecule has 12 rings (SSSR count). The Morgan fingerprint density at radius 3 is 1.56 bits per heavy atom. The number of aromatic nitrogens is 2. The molecule has 0 aliphatic rings. The molecule has 0 spiro atoms. The normalized spacial score (nSPS) is 11.9. The first-order chi connectivity index (χ1) is 26.8. The second-order valence-corrected chi connectivity index (χ2v) is 13.7. The van der Waals surface area contributed by atoms with Crippen LogP contribution in [0.1, 0.15) is 13.8 Å². The summed E-state index contributed by atoms with van der Waals surface area (Å²) in [7, 11) is 0. The maximum Gasteiger partial charge on any atom is 0.145 e. The zero-order valence-electron chi connectivity index (χ0n) is 29.9. The number of nitrogens with zero attached hydrogens (tertiary/aromatic N) is 2. The molecule has 0 saturated carbocycles. The van der Waals surface area contributed by atoms with Gasteiger partial charge >= 0.3 is 0 Å². The van der Waals surface area contributed by atoms with Crippen LogP contribution in [0.25, 0.3) is 110 Å². The third kappa shape index (κ3) is 4.25. The van der Waals surface area contributed by atoms with Gasteiger partial charge in [0.05, 0.1) is 32.8 Å². The van der Waals surface area contributed by atoms with Gasteiger partial charge in [-0.05, 0) is 90.0 Å². The third-order valence-electron chi connectivity index (χ3n) is 10.9. The van der Waals surface area contributed by atoms with Crippen LogP contribution in [-0.2, 0) is 0 Å². The molecule has 0 atom stereocenters. The summed E-state index contributed by atoms with van der Waals surface area (Å²) in [5.74, 6) is 0. The van der Waals surface area contributed by atoms with Gasteiger partial charge in [-0.15, -0.1) is 0 Å². The molecule has 256 valence electrons. The van der Waals surface area contributed by atoms with Crippen LogP contribution >= 0.6 is 0 Å². The van der Waals surface area contributed by atoms with E-state index in [0.29, 0.717) is 0 Å². The molecule has 0 aliphatic carbocycles. The molecule has 4 nitrogen and oxygen atoms in total. The lowest BCUT2D eigenvalue weighted by atomic mass is 10.0. The van der Waals surface area contributed by atoms with Crippen molar-refractivity contribution in [3.05, 3.63) is 170 Å². The standard InChI is InChI=1S/C48H28N2O2.C2H6/c1-2-12-31(13-3-1)49-39-18-7-4-16-36(39)45-41(49)24-22-34-35-23-25-42-46(48(35)52-47(34)45)37-17-5-8-19-40(37)50(42)32-14-10-11-29(27-32)30-21-26-44-38(28-30)33-15-6-9-20-43(33)51-44;1-2/h1-28H;1-2H3. The van der Waals surface area contributed by atoms with Crippen LogP contribution in [0, 0.1) is 0 Å². The predicted octanol–water partition coefficient (Wildman–Crippen LogP) is 14.4. The highest BCUT2D eigenvalue weighted by molar-refractivity contribution is 6.29. The van der Waals surface area contributed by atoms with Crippen molar-refractivity contribution in [1.29, 1.82) is 0 Å². The van der Waals surface area contributed by atoms with Crippen molar-refractivity contribution in [3.8, 4) is 22.5 Å². The van der Waals surface area contributed by atoms with Crippen LogP contribution in [0.5, 0.6) is 0 Å². The largest absolute Gasteiger partial charge is 0.456 e. The van der Waals surface area contributed by atoms with Gasteiger partial charge in [0.15, 0.2) is 0 Å². The summed E-state index contributed by atoms with van der Waals surface area (Å²) in [6, 6.07) is 60.5. The Hall–Kier alpha value is -7.04. The van der Waals surface area contributed by atoms with Gasteiger partial charge in [0, 0.05) is 43.7 Å². The van der Waals surface area contributed by atoms with Crippen molar-refractivity contribution < 1.29 is 8.83 Å². The fraction of sp³-hybridized carbons (Fsp3) is 0.0400. The van der Waals surface area contributed by atoms with Crippen molar-refractivity contribution in [3.63, 3.8) is 0 Å². The lowest BCUT2D eigenvalue weighted by Gasteiger charge is -2.10. The van der Waals surface area contributed by atoms with Gasteiger partial charge in [0.2, 0.25) is 0 Å². The van der Waals surface area contributed by atoms with E-state index in [-0.39, 0.29) is 0 Å². The van der Waals surface area contributed by atoms with Gasteiger partial charge in [0.1, 0.15) is 22.3 Å². The number of benzene rings is 8. The van der Waals surface area contributed by atoms with Gasteiger partial charge in [-0.2, -0.15) is 0 Å². The Morgan fingerprint density at radius 2 is 0.870 bits per heavy atom. The smallest absolute Gasteiger partial charge is 0.145 e. The van der Waals surface area contributed by atoms with Gasteiger partial charge in [-0.3, -0.25) is 0 Å². The van der Waals surface area contributed by atoms with E-state index < -0.39 is 0 Å². The summed E-state index contributed by atoms with van der Waals surface area (Å²) >= 11 is 0. The number of rotatable bonds is 3. The van der Waals surface area contributed by atoms with E-state index in [1.165, 1.54) is 16.3 Å². The summed E-state index contributed by atoms with van der Waals surface area (Å²) < 4.78 is 18.0. The van der Waals surface area contributed by atoms with Gasteiger partial charge < -0.3 is 18.0 Å². The molecular weight excluding hydrogens is 661 g/mol. The van der Waals surface area contributed by atoms with Crippen LogP contribution in [-0.4, -0.2) is 9.13 Å². The number of furan rings is 2. The summed E-state index contributed by atoms with van der Waals surface area (Å²) in [6.45, 7) is 4.00. The third-order valence-corrected chi connectivity index (χ3v) is 10.9. The average molecular weight is 695 g/mol. The average Bonchev–Trinajstić information content (AvgIpc) is 3.99. The van der Waals surface area contributed by atoms with Gasteiger partial charge in [-0.25, -0.2) is 0 Å². The first kappa shape index (κ1) is 30.6. The predicted molar refractivity (Wildman–Crippen MR) is 226 cm³/mol. The SMILES string of the molecule is CC.c1ccc(-n2c3ccccc3c3c4oc5c(ccc6c5c5ccccc5n6-c5cccc(-c6ccc7oc8ccccc8c7c6)c5)c4ccc32)cc1. The van der Waals surface area contributed by atoms with Crippen LogP contribution in [0.3, 0.4) is 0 Å². The number of fused-ring (bicyclic) bond motifs is 14. The molecular formula is C50H34N2O2. The molecule has 4 aromatic heterocycles. The maximum atomic E-state index is 7.12. The highest BCUT2D eigenvalue weighted by Gasteiger charge is 2.22. The van der Waals surface area contributed by atoms with E-state index in [1.54, 1.807) is 0 Å². The zero-order valence-corrected chi connectivity index (χ0v) is 29.9. The number of hydrogen-bond acceptors (Lipinski definition) is 2. The molecule has 0 aliphatic heterocycles. The van der Waals surface area contributed by atoms with Crippen LogP contribution in [0.2, 0.25) is 0 Å². The van der Waals surface area contributed by atoms with Crippen molar-refractivity contribution in [2.75, 3.05) is 0 Å². The van der Waals surface area contributed by atoms with E-state index in [2.05, 4.69) is 167 Å². The second kappa shape index (κ2) is 11.7. The lowest BCUT2D eigenvalue weighted by Crippen LogP contribution is -1.94. The summed E-state index contributed by atoms with van der Waals surface area (Å²) in [5.41, 5.74) is 12.8. The molecule has 0 amide bonds. The molecule has 0 N–H and O–H groups in total. The van der Waals surface area contributed by atoms with Crippen molar-refractivity contribution >= 4 is 87.5 Å². The van der Waals surface area contributed by atoms with E-state index in [0.717, 1.165) is 93.7 Å². The van der Waals surface area contributed by atoms with Crippen molar-refractivity contribution in [2.45, 2.75) is 13.8 Å². The minimum absolute atomic E-state index is 0.903. The molecule has 8 aromatic carbocycles. The van der Waals surface area contributed by atoms with E-state index in [9.17, 15) is 0 Å². The lowest BCUT2D eigenvalue weighted by molar-refractivity contribution is 0.669. The summed E-state index contributed by atoms with van der Waals surface area (Å²) in [6.07, 6.45) is 0. The molecule has 0 radical (unpaired) electrons. The van der Waals surface area contributed by atoms with Gasteiger partial charge in [0.25, 0.3) is 0 Å². The van der Waals surface area contributed by atoms with E-state index >= 15 is 0 Å². The van der Waals surface area contributed by atoms with E-state index in [4.69, 9.17) is 8.83 Å². The quantitative estimate of drug-likeness (QED) is 0.185. The first-order valence-electron chi connectivity index (χ1n) is 18.7. The molecule has 4 heteroatoms. The number of para-hydroxylation sites is 4. The molecule has 0 saturated heterocycles. The highest BCUT2D eigenvalue weighted by atomic mass is 16.3. The minimum atomic E-state index is 0.903. The second-order valence-electron chi connectivity index (χ2n) is 13.7. The molecule has 0 unspecified atom stereocenters. The first-order valence-corrected chi connectivity index (χ1v) is 18.7. The van der Waals surface area contributed by atoms with Gasteiger partial charge in [-0.1, -0.05) is 105 Å². The number of hydrogen-bond donors (Lipinski definition) is 0. The van der Waals surface area contributed by atoms with E-state index in [1.807, 2.05) is 26.0 Å². The Labute approximate surface area is 310 Å². The minimum Gasteiger partial charge on any atom is -0.456 e. The monoisotopic (exact) mass is 694 g/mol. The zero-order chi connectivity index (χ0) is 35.9. The molecule has 12 aromatic rings. The van der Waals surface area contributed by atoms with Crippen LogP contribution < -0.4 is 0 Å². The van der Waals surface area contributed by atoms with Crippen molar-refractivity contribution in [2.24, 2.45) is 0 Å². The summed E-state index contributed by atoms with van der Waals surface area (Å²) in [4.78, 5) is 0. The molecule has 0 bridgehead atoms. The fourth-order valence-corrected chi connectivity index (χ4v) is 8.66. The molecule has 4 heterocycles. The maximum absolute atomic E-state index is 7.12. The summed E-state index contributed by atoms with van der Waals surface area (Å²) in [5, 5.41) is 9.13. The Morgan fingerprint density at radius 1 is 0.333 bits per heavy atom. The van der Waals surface area contributed by atoms with Crippen molar-refractivity contribution in [1.82, 2.24) is 9.13 Å². The van der Waals surface area contributed by atoms with Crippen LogP contribution in [0.4, 0.5) is 0 Å². The topological polar surface area (TPSA) is 36.1 Å². The molecule has 54 heavy (non-hydrogen) atoms. The Balaban J connectivity index is 0.00000168. The Kier molecular flexibility index (Phi) is 6.65. The fourth-order valence-electron chi connectivity index (χ4n) is 8.66. The molecule has 0 fully saturated rings. The van der Waals surface area contributed by atoms with Crippen LogP contribution in [0.15, 0.2) is 179 Å². The Bertz CT molecular complexity index is 3410.